The molecule has 1 N–H and O–H groups in total. The van der Waals surface area contributed by atoms with E-state index >= 15 is 0 Å². The van der Waals surface area contributed by atoms with Crippen LogP contribution in [-0.4, -0.2) is 23.7 Å². The highest BCUT2D eigenvalue weighted by Gasteiger charge is 2.44. The van der Waals surface area contributed by atoms with Crippen LogP contribution in [0.2, 0.25) is 0 Å². The predicted octanol–water partition coefficient (Wildman–Crippen LogP) is 3.29. The fourth-order valence-corrected chi connectivity index (χ4v) is 3.70. The number of unbranched alkanes of at least 4 members (excludes halogenated alkanes) is 1. The molecule has 100 valence electrons. The molecular formula is C12H22O4S. The summed E-state index contributed by atoms with van der Waals surface area (Å²) in [5, 5.41) is 11.4. The predicted molar refractivity (Wildman–Crippen MR) is 66.2 cm³/mol. The van der Waals surface area contributed by atoms with Crippen LogP contribution >= 0.6 is 12.0 Å². The number of rotatable bonds is 8. The Morgan fingerprint density at radius 1 is 1.18 bits per heavy atom. The van der Waals surface area contributed by atoms with E-state index in [-0.39, 0.29) is 0 Å². The molecule has 0 heterocycles. The van der Waals surface area contributed by atoms with Gasteiger partial charge >= 0.3 is 0 Å². The molecule has 2 bridgehead atoms. The van der Waals surface area contributed by atoms with Crippen molar-refractivity contribution in [3.63, 3.8) is 0 Å². The molecule has 2 aliphatic rings. The molecule has 2 fully saturated rings. The van der Waals surface area contributed by atoms with Gasteiger partial charge in [0.15, 0.2) is 0 Å². The van der Waals surface area contributed by atoms with Gasteiger partial charge in [0, 0.05) is 24.4 Å². The Kier molecular flexibility index (Phi) is 5.56. The van der Waals surface area contributed by atoms with Crippen molar-refractivity contribution in [1.82, 2.24) is 0 Å². The standard InChI is InChI=1S/C12H22O4S/c1-9-6-11-7-10(9)8-12(11)14-4-2-3-5-17-16-15-13/h9-13H,2-8H2,1H3. The quantitative estimate of drug-likeness (QED) is 0.315. The Hall–Kier alpha value is 0.190. The maximum absolute atomic E-state index is 7.93. The molecular weight excluding hydrogens is 240 g/mol. The Morgan fingerprint density at radius 3 is 2.71 bits per heavy atom. The summed E-state index contributed by atoms with van der Waals surface area (Å²) >= 11 is 1.12. The molecule has 0 aliphatic heterocycles. The van der Waals surface area contributed by atoms with Crippen molar-refractivity contribution >= 4 is 12.0 Å². The first kappa shape index (κ1) is 13.6. The monoisotopic (exact) mass is 262 g/mol. The lowest BCUT2D eigenvalue weighted by molar-refractivity contribution is -0.432. The van der Waals surface area contributed by atoms with Gasteiger partial charge in [0.25, 0.3) is 0 Å². The van der Waals surface area contributed by atoms with E-state index < -0.39 is 0 Å². The number of hydrogen-bond donors (Lipinski definition) is 1. The van der Waals surface area contributed by atoms with Crippen LogP contribution < -0.4 is 0 Å². The van der Waals surface area contributed by atoms with Gasteiger partial charge in [-0.25, -0.2) is 5.26 Å². The summed E-state index contributed by atoms with van der Waals surface area (Å²) in [6.45, 7) is 3.23. The average molecular weight is 262 g/mol. The SMILES string of the molecule is CC1CC2CC1CC2OCCCCSOOO. The summed E-state index contributed by atoms with van der Waals surface area (Å²) in [4.78, 5) is 0. The molecule has 4 nitrogen and oxygen atoms in total. The molecule has 4 atom stereocenters. The molecule has 2 rings (SSSR count). The second-order valence-electron chi connectivity index (χ2n) is 5.29. The summed E-state index contributed by atoms with van der Waals surface area (Å²) in [5.74, 6) is 3.50. The third kappa shape index (κ3) is 3.83. The van der Waals surface area contributed by atoms with Crippen LogP contribution in [0.4, 0.5) is 0 Å². The lowest BCUT2D eigenvalue weighted by atomic mass is 9.89. The fraction of sp³-hybridized carbons (Fsp3) is 1.00. The third-order valence-corrected chi connectivity index (χ3v) is 4.79. The van der Waals surface area contributed by atoms with Crippen molar-refractivity contribution in [1.29, 1.82) is 0 Å². The van der Waals surface area contributed by atoms with E-state index in [2.05, 4.69) is 16.3 Å². The topological polar surface area (TPSA) is 47.9 Å². The highest BCUT2D eigenvalue weighted by molar-refractivity contribution is 7.94. The second kappa shape index (κ2) is 6.95. The number of hydrogen-bond acceptors (Lipinski definition) is 5. The van der Waals surface area contributed by atoms with Gasteiger partial charge in [-0.05, 0) is 49.9 Å². The van der Waals surface area contributed by atoms with Crippen LogP contribution in [0.25, 0.3) is 0 Å². The summed E-state index contributed by atoms with van der Waals surface area (Å²) in [5.41, 5.74) is 0. The zero-order chi connectivity index (χ0) is 12.1. The minimum absolute atomic E-state index is 0.529. The van der Waals surface area contributed by atoms with Gasteiger partial charge in [-0.15, -0.1) is 4.33 Å². The van der Waals surface area contributed by atoms with Crippen LogP contribution in [0.5, 0.6) is 0 Å². The highest BCUT2D eigenvalue weighted by atomic mass is 32.2. The molecule has 0 spiro atoms. The highest BCUT2D eigenvalue weighted by Crippen LogP contribution is 2.49. The first-order valence-electron chi connectivity index (χ1n) is 6.52. The van der Waals surface area contributed by atoms with Crippen molar-refractivity contribution < 1.29 is 19.4 Å². The van der Waals surface area contributed by atoms with Crippen molar-refractivity contribution in [2.45, 2.75) is 45.1 Å². The smallest absolute Gasteiger partial charge is 0.0606 e. The summed E-state index contributed by atoms with van der Waals surface area (Å²) in [6, 6.07) is 0. The van der Waals surface area contributed by atoms with Crippen molar-refractivity contribution in [2.75, 3.05) is 12.4 Å². The van der Waals surface area contributed by atoms with Crippen molar-refractivity contribution in [2.24, 2.45) is 17.8 Å². The van der Waals surface area contributed by atoms with E-state index in [9.17, 15) is 0 Å². The first-order valence-corrected chi connectivity index (χ1v) is 7.43. The van der Waals surface area contributed by atoms with Gasteiger partial charge in [0.2, 0.25) is 0 Å². The molecule has 0 saturated heterocycles. The molecule has 0 aromatic heterocycles. The van der Waals surface area contributed by atoms with E-state index in [0.29, 0.717) is 6.10 Å². The maximum atomic E-state index is 7.93. The lowest BCUT2D eigenvalue weighted by Crippen LogP contribution is -2.24. The van der Waals surface area contributed by atoms with Crippen LogP contribution in [0.3, 0.4) is 0 Å². The van der Waals surface area contributed by atoms with Crippen LogP contribution in [-0.2, 0) is 14.1 Å². The van der Waals surface area contributed by atoms with E-state index in [1.165, 1.54) is 19.3 Å². The van der Waals surface area contributed by atoms with Gasteiger partial charge in [0.05, 0.1) is 6.10 Å². The number of ether oxygens (including phenoxy) is 1. The van der Waals surface area contributed by atoms with Gasteiger partial charge < -0.3 is 4.74 Å². The van der Waals surface area contributed by atoms with Gasteiger partial charge in [-0.1, -0.05) is 12.0 Å². The second-order valence-corrected chi connectivity index (χ2v) is 6.07. The molecule has 0 amide bonds. The Morgan fingerprint density at radius 2 is 2.06 bits per heavy atom. The summed E-state index contributed by atoms with van der Waals surface area (Å²) in [7, 11) is 0. The van der Waals surface area contributed by atoms with E-state index in [1.54, 1.807) is 0 Å². The Labute approximate surface area is 107 Å². The van der Waals surface area contributed by atoms with Gasteiger partial charge in [-0.2, -0.15) is 0 Å². The fourth-order valence-electron chi connectivity index (χ4n) is 3.27. The molecule has 0 radical (unpaired) electrons. The van der Waals surface area contributed by atoms with Crippen LogP contribution in [0.15, 0.2) is 0 Å². The lowest BCUT2D eigenvalue weighted by Gasteiger charge is -2.25. The molecule has 0 aromatic rings. The molecule has 2 saturated carbocycles. The van der Waals surface area contributed by atoms with E-state index in [4.69, 9.17) is 9.99 Å². The largest absolute Gasteiger partial charge is 0.378 e. The normalized spacial score (nSPS) is 35.6. The minimum atomic E-state index is 0.529. The molecule has 0 aromatic carbocycles. The number of fused-ring (bicyclic) bond motifs is 2. The van der Waals surface area contributed by atoms with Crippen LogP contribution in [0, 0.1) is 17.8 Å². The summed E-state index contributed by atoms with van der Waals surface area (Å²) in [6.07, 6.45) is 6.63. The van der Waals surface area contributed by atoms with E-state index in [0.717, 1.165) is 55.0 Å². The third-order valence-electron chi connectivity index (χ3n) is 4.18. The van der Waals surface area contributed by atoms with Crippen molar-refractivity contribution in [3.8, 4) is 0 Å². The molecule has 4 unspecified atom stereocenters. The Balaban J connectivity index is 1.47. The van der Waals surface area contributed by atoms with Crippen molar-refractivity contribution in [3.05, 3.63) is 0 Å². The van der Waals surface area contributed by atoms with E-state index in [1.807, 2.05) is 0 Å². The molecule has 17 heavy (non-hydrogen) atoms. The van der Waals surface area contributed by atoms with Gasteiger partial charge in [-0.3, -0.25) is 0 Å². The minimum Gasteiger partial charge on any atom is -0.378 e. The molecule has 5 heteroatoms. The van der Waals surface area contributed by atoms with Crippen LogP contribution in [0.1, 0.15) is 39.0 Å². The average Bonchev–Trinajstić information content (AvgIpc) is 2.86. The summed E-state index contributed by atoms with van der Waals surface area (Å²) < 4.78 is 10.3. The maximum Gasteiger partial charge on any atom is 0.0606 e. The molecule has 2 aliphatic carbocycles. The zero-order valence-corrected chi connectivity index (χ0v) is 11.2. The van der Waals surface area contributed by atoms with Gasteiger partial charge in [0.1, 0.15) is 0 Å². The zero-order valence-electron chi connectivity index (χ0n) is 10.3. The first-order chi connectivity index (χ1) is 8.31. The Bertz CT molecular complexity index is 225.